The van der Waals surface area contributed by atoms with Crippen molar-refractivity contribution in [2.45, 2.75) is 82.6 Å². The topological polar surface area (TPSA) is 129 Å². The zero-order chi connectivity index (χ0) is 30.9. The summed E-state index contributed by atoms with van der Waals surface area (Å²) in [5.41, 5.74) is 2.14. The van der Waals surface area contributed by atoms with Gasteiger partial charge in [-0.05, 0) is 54.3 Å². The van der Waals surface area contributed by atoms with Crippen molar-refractivity contribution in [2.24, 2.45) is 0 Å². The fourth-order valence-corrected chi connectivity index (χ4v) is 6.02. The predicted molar refractivity (Wildman–Crippen MR) is 159 cm³/mol. The molecule has 0 unspecified atom stereocenters. The molecule has 0 aromatic heterocycles. The van der Waals surface area contributed by atoms with E-state index >= 15 is 0 Å². The average molecular weight is 599 g/mol. The Labute approximate surface area is 252 Å². The second kappa shape index (κ2) is 15.3. The molecule has 0 saturated heterocycles. The molecule has 2 aromatic carbocycles. The van der Waals surface area contributed by atoms with Crippen LogP contribution in [0.3, 0.4) is 0 Å². The van der Waals surface area contributed by atoms with E-state index in [1.165, 1.54) is 19.2 Å². The number of benzene rings is 2. The summed E-state index contributed by atoms with van der Waals surface area (Å²) in [5, 5.41) is 33.7. The standard InChI is InChI=1S/C33H43FN2O7/c1-3-4-5-6-7-11-28(39)36(14-12-21-9-8-10-23(34)16-21)26-19-25(33(41)35-13-15-37)29-24-17-22(20-38)18-27(42-2)31(24)43-32(29)30(26)40/h8-10,16-19,26,29-30,32,37-38,40H,3-7,11-15,20H2,1-2H3,(H,35,41)/t26-,29+,30+,32+/m1/s1. The zero-order valence-electron chi connectivity index (χ0n) is 24.9. The molecular weight excluding hydrogens is 555 g/mol. The largest absolute Gasteiger partial charge is 0.493 e. The Morgan fingerprint density at radius 1 is 1.09 bits per heavy atom. The Bertz CT molecular complexity index is 1300. The van der Waals surface area contributed by atoms with Gasteiger partial charge in [-0.3, -0.25) is 9.59 Å². The van der Waals surface area contributed by atoms with Gasteiger partial charge in [0.05, 0.1) is 32.3 Å². The Balaban J connectivity index is 1.71. The molecule has 0 fully saturated rings. The summed E-state index contributed by atoms with van der Waals surface area (Å²) in [6.07, 6.45) is 4.94. The number of hydrogen-bond donors (Lipinski definition) is 4. The molecule has 2 amide bonds. The van der Waals surface area contributed by atoms with Gasteiger partial charge < -0.3 is 35.0 Å². The van der Waals surface area contributed by atoms with Gasteiger partial charge in [-0.1, -0.05) is 44.7 Å². The number of nitrogens with one attached hydrogen (secondary N) is 1. The van der Waals surface area contributed by atoms with Crippen LogP contribution >= 0.6 is 0 Å². The second-order valence-electron chi connectivity index (χ2n) is 11.1. The molecule has 4 atom stereocenters. The van der Waals surface area contributed by atoms with Crippen LogP contribution in [0, 0.1) is 5.82 Å². The summed E-state index contributed by atoms with van der Waals surface area (Å²) in [7, 11) is 1.47. The number of aliphatic hydroxyl groups excluding tert-OH is 3. The molecule has 0 bridgehead atoms. The minimum Gasteiger partial charge on any atom is -0.493 e. The summed E-state index contributed by atoms with van der Waals surface area (Å²) in [5.74, 6) is -0.970. The molecule has 234 valence electrons. The number of aliphatic hydroxyl groups is 3. The highest BCUT2D eigenvalue weighted by Gasteiger charge is 2.51. The van der Waals surface area contributed by atoms with Gasteiger partial charge in [-0.15, -0.1) is 0 Å². The third-order valence-corrected chi connectivity index (χ3v) is 8.20. The van der Waals surface area contributed by atoms with Gasteiger partial charge in [-0.25, -0.2) is 4.39 Å². The first kappa shape index (κ1) is 32.4. The molecule has 1 aliphatic heterocycles. The van der Waals surface area contributed by atoms with Crippen molar-refractivity contribution in [3.05, 3.63) is 70.6 Å². The molecule has 4 N–H and O–H groups in total. The highest BCUT2D eigenvalue weighted by Crippen LogP contribution is 2.51. The van der Waals surface area contributed by atoms with Crippen molar-refractivity contribution in [1.29, 1.82) is 0 Å². The van der Waals surface area contributed by atoms with Crippen LogP contribution in [0.25, 0.3) is 0 Å². The molecular formula is C33H43FN2O7. The van der Waals surface area contributed by atoms with E-state index in [4.69, 9.17) is 9.47 Å². The molecule has 1 heterocycles. The fraction of sp³-hybridized carbons (Fsp3) is 0.515. The summed E-state index contributed by atoms with van der Waals surface area (Å²) in [4.78, 5) is 28.8. The Morgan fingerprint density at radius 2 is 1.88 bits per heavy atom. The quantitative estimate of drug-likeness (QED) is 0.232. The van der Waals surface area contributed by atoms with Gasteiger partial charge in [0.1, 0.15) is 18.0 Å². The van der Waals surface area contributed by atoms with E-state index in [-0.39, 0.29) is 50.0 Å². The molecule has 2 aliphatic rings. The highest BCUT2D eigenvalue weighted by molar-refractivity contribution is 5.96. The number of amides is 2. The van der Waals surface area contributed by atoms with Crippen LogP contribution in [-0.4, -0.2) is 77.1 Å². The van der Waals surface area contributed by atoms with Gasteiger partial charge in [0.15, 0.2) is 11.5 Å². The van der Waals surface area contributed by atoms with Crippen molar-refractivity contribution < 1.29 is 38.8 Å². The fourth-order valence-electron chi connectivity index (χ4n) is 6.02. The summed E-state index contributed by atoms with van der Waals surface area (Å²) in [6.45, 7) is 1.83. The van der Waals surface area contributed by atoms with Gasteiger partial charge in [0.25, 0.3) is 0 Å². The van der Waals surface area contributed by atoms with Crippen LogP contribution in [0.4, 0.5) is 4.39 Å². The highest BCUT2D eigenvalue weighted by atomic mass is 19.1. The normalized spacial score (nSPS) is 20.5. The zero-order valence-corrected chi connectivity index (χ0v) is 24.9. The Hall–Kier alpha value is -3.47. The maximum atomic E-state index is 13.9. The van der Waals surface area contributed by atoms with Crippen LogP contribution in [0.5, 0.6) is 11.5 Å². The van der Waals surface area contributed by atoms with E-state index < -0.39 is 30.1 Å². The van der Waals surface area contributed by atoms with Crippen LogP contribution in [0.2, 0.25) is 0 Å². The number of nitrogens with zero attached hydrogens (tertiary/aromatic N) is 1. The van der Waals surface area contributed by atoms with Crippen LogP contribution in [-0.2, 0) is 22.6 Å². The number of rotatable bonds is 15. The molecule has 1 aliphatic carbocycles. The van der Waals surface area contributed by atoms with E-state index in [1.54, 1.807) is 35.2 Å². The number of unbranched alkanes of at least 4 members (excludes halogenated alkanes) is 4. The Morgan fingerprint density at radius 3 is 2.58 bits per heavy atom. The van der Waals surface area contributed by atoms with Gasteiger partial charge >= 0.3 is 0 Å². The molecule has 0 radical (unpaired) electrons. The average Bonchev–Trinajstić information content (AvgIpc) is 3.40. The minimum atomic E-state index is -1.20. The molecule has 10 heteroatoms. The number of halogens is 1. The van der Waals surface area contributed by atoms with Gasteiger partial charge in [0.2, 0.25) is 11.8 Å². The predicted octanol–water partition coefficient (Wildman–Crippen LogP) is 3.38. The van der Waals surface area contributed by atoms with Crippen molar-refractivity contribution in [2.75, 3.05) is 26.8 Å². The van der Waals surface area contributed by atoms with Crippen molar-refractivity contribution in [3.8, 4) is 11.5 Å². The van der Waals surface area contributed by atoms with E-state index in [9.17, 15) is 29.3 Å². The molecule has 4 rings (SSSR count). The SMILES string of the molecule is CCCCCCCC(=O)N(CCc1cccc(F)c1)[C@@H]1C=C(C(=O)NCCO)[C@@H]2c3cc(CO)cc(OC)c3O[C@@H]2[C@H]1O. The summed E-state index contributed by atoms with van der Waals surface area (Å²) < 4.78 is 25.7. The van der Waals surface area contributed by atoms with Crippen molar-refractivity contribution in [3.63, 3.8) is 0 Å². The molecule has 43 heavy (non-hydrogen) atoms. The number of hydrogen-bond acceptors (Lipinski definition) is 7. The van der Waals surface area contributed by atoms with E-state index in [0.29, 0.717) is 41.0 Å². The lowest BCUT2D eigenvalue weighted by Gasteiger charge is -2.41. The third-order valence-electron chi connectivity index (χ3n) is 8.20. The van der Waals surface area contributed by atoms with E-state index in [1.807, 2.05) is 0 Å². The number of ether oxygens (including phenoxy) is 2. The van der Waals surface area contributed by atoms with Crippen molar-refractivity contribution >= 4 is 11.8 Å². The summed E-state index contributed by atoms with van der Waals surface area (Å²) >= 11 is 0. The smallest absolute Gasteiger partial charge is 0.247 e. The first-order chi connectivity index (χ1) is 20.8. The second-order valence-corrected chi connectivity index (χ2v) is 11.1. The molecule has 9 nitrogen and oxygen atoms in total. The van der Waals surface area contributed by atoms with Crippen molar-refractivity contribution in [1.82, 2.24) is 10.2 Å². The monoisotopic (exact) mass is 598 g/mol. The summed E-state index contributed by atoms with van der Waals surface area (Å²) in [6, 6.07) is 8.66. The lowest BCUT2D eigenvalue weighted by molar-refractivity contribution is -0.137. The number of carbonyl (C=O) groups is 2. The maximum Gasteiger partial charge on any atom is 0.247 e. The van der Waals surface area contributed by atoms with Crippen LogP contribution < -0.4 is 14.8 Å². The third kappa shape index (κ3) is 7.55. The lowest BCUT2D eigenvalue weighted by atomic mass is 9.77. The minimum absolute atomic E-state index is 0.0223. The van der Waals surface area contributed by atoms with Crippen LogP contribution in [0.15, 0.2) is 48.0 Å². The molecule has 2 aromatic rings. The lowest BCUT2D eigenvalue weighted by Crippen LogP contribution is -2.56. The maximum absolute atomic E-state index is 13.9. The van der Waals surface area contributed by atoms with E-state index in [0.717, 1.165) is 25.7 Å². The first-order valence-electron chi connectivity index (χ1n) is 15.1. The van der Waals surface area contributed by atoms with Gasteiger partial charge in [0, 0.05) is 30.6 Å². The number of methoxy groups -OCH3 is 1. The van der Waals surface area contributed by atoms with E-state index in [2.05, 4.69) is 12.2 Å². The number of fused-ring (bicyclic) bond motifs is 3. The first-order valence-corrected chi connectivity index (χ1v) is 15.1. The number of carbonyl (C=O) groups excluding carboxylic acids is 2. The van der Waals surface area contributed by atoms with Gasteiger partial charge in [-0.2, -0.15) is 0 Å². The molecule has 0 saturated carbocycles. The molecule has 0 spiro atoms. The Kier molecular flexibility index (Phi) is 11.6. The van der Waals surface area contributed by atoms with Crippen LogP contribution in [0.1, 0.15) is 68.1 Å².